The number of amides is 1. The van der Waals surface area contributed by atoms with Gasteiger partial charge in [-0.1, -0.05) is 30.3 Å². The number of aromatic nitrogens is 1. The second kappa shape index (κ2) is 7.77. The second-order valence-corrected chi connectivity index (χ2v) is 6.27. The predicted octanol–water partition coefficient (Wildman–Crippen LogP) is 2.89. The van der Waals surface area contributed by atoms with E-state index in [2.05, 4.69) is 10.3 Å². The van der Waals surface area contributed by atoms with Crippen LogP contribution in [-0.2, 0) is 16.0 Å². The first kappa shape index (κ1) is 17.7. The molecule has 6 heteroatoms. The summed E-state index contributed by atoms with van der Waals surface area (Å²) in [6, 6.07) is 9.63. The van der Waals surface area contributed by atoms with Crippen LogP contribution >= 0.6 is 0 Å². The van der Waals surface area contributed by atoms with Crippen LogP contribution in [0.25, 0.3) is 11.3 Å². The molecule has 0 radical (unpaired) electrons. The van der Waals surface area contributed by atoms with Crippen molar-refractivity contribution in [2.75, 3.05) is 6.54 Å². The van der Waals surface area contributed by atoms with Gasteiger partial charge in [0.15, 0.2) is 11.7 Å². The molecule has 0 aliphatic rings. The van der Waals surface area contributed by atoms with Crippen molar-refractivity contribution in [2.45, 2.75) is 33.1 Å². The Balaban J connectivity index is 1.77. The first-order valence-corrected chi connectivity index (χ1v) is 7.89. The zero-order chi connectivity index (χ0) is 17.6. The number of hydrogen-bond donors (Lipinski definition) is 2. The summed E-state index contributed by atoms with van der Waals surface area (Å²) >= 11 is 0. The Morgan fingerprint density at radius 1 is 1.25 bits per heavy atom. The van der Waals surface area contributed by atoms with Crippen LogP contribution in [0, 0.1) is 5.41 Å². The van der Waals surface area contributed by atoms with Crippen LogP contribution in [0.5, 0.6) is 0 Å². The number of carbonyl (C=O) groups excluding carboxylic acids is 1. The van der Waals surface area contributed by atoms with E-state index in [0.717, 1.165) is 5.56 Å². The van der Waals surface area contributed by atoms with Gasteiger partial charge >= 0.3 is 5.97 Å². The Morgan fingerprint density at radius 3 is 2.62 bits per heavy atom. The number of aryl methyl sites for hydroxylation is 1. The molecule has 0 spiro atoms. The first-order valence-electron chi connectivity index (χ1n) is 7.89. The van der Waals surface area contributed by atoms with E-state index >= 15 is 0 Å². The number of nitrogens with zero attached hydrogens (tertiary/aromatic N) is 1. The van der Waals surface area contributed by atoms with Gasteiger partial charge in [0.05, 0.1) is 11.6 Å². The molecule has 1 aromatic carbocycles. The molecule has 1 heterocycles. The standard InChI is InChI=1S/C18H22N2O4/c1-18(2,17(22)23)10-11-19-15(21)8-9-16-20-12-14(24-16)13-6-4-3-5-7-13/h3-7,12H,8-11H2,1-2H3,(H,19,21)(H,22,23). The number of carbonyl (C=O) groups is 2. The van der Waals surface area contributed by atoms with E-state index in [1.54, 1.807) is 20.0 Å². The maximum absolute atomic E-state index is 11.8. The van der Waals surface area contributed by atoms with Gasteiger partial charge in [-0.3, -0.25) is 9.59 Å². The van der Waals surface area contributed by atoms with E-state index in [1.807, 2.05) is 30.3 Å². The molecule has 0 atom stereocenters. The Kier molecular flexibility index (Phi) is 5.73. The smallest absolute Gasteiger partial charge is 0.309 e. The highest BCUT2D eigenvalue weighted by Crippen LogP contribution is 2.21. The number of rotatable bonds is 8. The molecule has 0 aliphatic heterocycles. The molecular weight excluding hydrogens is 308 g/mol. The fraction of sp³-hybridized carbons (Fsp3) is 0.389. The summed E-state index contributed by atoms with van der Waals surface area (Å²) in [5.74, 6) is 0.171. The maximum Gasteiger partial charge on any atom is 0.309 e. The Labute approximate surface area is 140 Å². The maximum atomic E-state index is 11.8. The number of carboxylic acid groups (broad SMARTS) is 1. The van der Waals surface area contributed by atoms with Gasteiger partial charge < -0.3 is 14.8 Å². The molecule has 2 rings (SSSR count). The third kappa shape index (κ3) is 4.94. The number of aliphatic carboxylic acids is 1. The SMILES string of the molecule is CC(C)(CCNC(=O)CCc1ncc(-c2ccccc2)o1)C(=O)O. The summed E-state index contributed by atoms with van der Waals surface area (Å²) in [4.78, 5) is 27.0. The molecule has 0 saturated carbocycles. The third-order valence-electron chi connectivity index (χ3n) is 3.83. The number of carboxylic acids is 1. The summed E-state index contributed by atoms with van der Waals surface area (Å²) in [7, 11) is 0. The first-order chi connectivity index (χ1) is 11.4. The van der Waals surface area contributed by atoms with Crippen molar-refractivity contribution < 1.29 is 19.1 Å². The van der Waals surface area contributed by atoms with Crippen LogP contribution in [0.4, 0.5) is 0 Å². The van der Waals surface area contributed by atoms with Crippen molar-refractivity contribution in [1.82, 2.24) is 10.3 Å². The number of hydrogen-bond acceptors (Lipinski definition) is 4. The molecule has 0 saturated heterocycles. The third-order valence-corrected chi connectivity index (χ3v) is 3.83. The van der Waals surface area contributed by atoms with Crippen molar-refractivity contribution in [3.05, 3.63) is 42.4 Å². The van der Waals surface area contributed by atoms with Gasteiger partial charge in [0.1, 0.15) is 0 Å². The molecular formula is C18H22N2O4. The van der Waals surface area contributed by atoms with Crippen LogP contribution in [-0.4, -0.2) is 28.5 Å². The van der Waals surface area contributed by atoms with Gasteiger partial charge in [-0.25, -0.2) is 4.98 Å². The van der Waals surface area contributed by atoms with Gasteiger partial charge in [-0.2, -0.15) is 0 Å². The number of nitrogens with one attached hydrogen (secondary N) is 1. The Hall–Kier alpha value is -2.63. The van der Waals surface area contributed by atoms with Crippen molar-refractivity contribution in [3.63, 3.8) is 0 Å². The van der Waals surface area contributed by atoms with Crippen LogP contribution in [0.3, 0.4) is 0 Å². The van der Waals surface area contributed by atoms with Crippen LogP contribution < -0.4 is 5.32 Å². The molecule has 0 unspecified atom stereocenters. The second-order valence-electron chi connectivity index (χ2n) is 6.27. The largest absolute Gasteiger partial charge is 0.481 e. The minimum absolute atomic E-state index is 0.143. The van der Waals surface area contributed by atoms with Crippen LogP contribution in [0.1, 0.15) is 32.6 Å². The number of oxazole rings is 1. The minimum atomic E-state index is -0.870. The van der Waals surface area contributed by atoms with E-state index in [1.165, 1.54) is 0 Å². The zero-order valence-electron chi connectivity index (χ0n) is 13.9. The molecule has 128 valence electrons. The van der Waals surface area contributed by atoms with E-state index in [9.17, 15) is 9.59 Å². The van der Waals surface area contributed by atoms with Gasteiger partial charge in [0.2, 0.25) is 5.91 Å². The molecule has 24 heavy (non-hydrogen) atoms. The van der Waals surface area contributed by atoms with Gasteiger partial charge in [-0.05, 0) is 20.3 Å². The molecule has 1 aromatic heterocycles. The summed E-state index contributed by atoms with van der Waals surface area (Å²) in [6.45, 7) is 3.61. The normalized spacial score (nSPS) is 11.2. The molecule has 2 N–H and O–H groups in total. The molecule has 2 aromatic rings. The highest BCUT2D eigenvalue weighted by Gasteiger charge is 2.26. The lowest BCUT2D eigenvalue weighted by molar-refractivity contribution is -0.147. The molecule has 0 aliphatic carbocycles. The summed E-state index contributed by atoms with van der Waals surface area (Å²) in [5, 5.41) is 11.8. The van der Waals surface area contributed by atoms with Crippen LogP contribution in [0.15, 0.2) is 40.9 Å². The Morgan fingerprint density at radius 2 is 1.96 bits per heavy atom. The van der Waals surface area contributed by atoms with E-state index in [0.29, 0.717) is 31.0 Å². The zero-order valence-corrected chi connectivity index (χ0v) is 13.9. The number of benzene rings is 1. The van der Waals surface area contributed by atoms with E-state index < -0.39 is 11.4 Å². The molecule has 1 amide bonds. The van der Waals surface area contributed by atoms with Crippen molar-refractivity contribution in [2.24, 2.45) is 5.41 Å². The Bertz CT molecular complexity index is 692. The van der Waals surface area contributed by atoms with Gasteiger partial charge in [-0.15, -0.1) is 0 Å². The van der Waals surface area contributed by atoms with E-state index in [-0.39, 0.29) is 12.3 Å². The minimum Gasteiger partial charge on any atom is -0.481 e. The average molecular weight is 330 g/mol. The quantitative estimate of drug-likeness (QED) is 0.776. The lowest BCUT2D eigenvalue weighted by Gasteiger charge is -2.18. The van der Waals surface area contributed by atoms with Crippen LogP contribution in [0.2, 0.25) is 0 Å². The lowest BCUT2D eigenvalue weighted by Crippen LogP contribution is -2.32. The van der Waals surface area contributed by atoms with Crippen molar-refractivity contribution in [3.8, 4) is 11.3 Å². The predicted molar refractivity (Wildman–Crippen MR) is 89.3 cm³/mol. The summed E-state index contributed by atoms with van der Waals surface area (Å²) in [5.41, 5.74) is 0.0945. The van der Waals surface area contributed by atoms with Gasteiger partial charge in [0.25, 0.3) is 0 Å². The fourth-order valence-electron chi connectivity index (χ4n) is 2.09. The molecule has 0 bridgehead atoms. The average Bonchev–Trinajstić information content (AvgIpc) is 3.02. The van der Waals surface area contributed by atoms with Crippen molar-refractivity contribution in [1.29, 1.82) is 0 Å². The van der Waals surface area contributed by atoms with E-state index in [4.69, 9.17) is 9.52 Å². The topological polar surface area (TPSA) is 92.4 Å². The summed E-state index contributed by atoms with van der Waals surface area (Å²) < 4.78 is 5.64. The summed E-state index contributed by atoms with van der Waals surface area (Å²) in [6.07, 6.45) is 2.69. The highest BCUT2D eigenvalue weighted by molar-refractivity contribution is 5.76. The van der Waals surface area contributed by atoms with Crippen molar-refractivity contribution >= 4 is 11.9 Å². The van der Waals surface area contributed by atoms with Gasteiger partial charge in [0, 0.05) is 24.9 Å². The molecule has 0 fully saturated rings. The highest BCUT2D eigenvalue weighted by atomic mass is 16.4. The fourth-order valence-corrected chi connectivity index (χ4v) is 2.09. The monoisotopic (exact) mass is 330 g/mol. The molecule has 6 nitrogen and oxygen atoms in total. The lowest BCUT2D eigenvalue weighted by atomic mass is 9.90.